The second kappa shape index (κ2) is 6.54. The number of carbonyl (C=O) groups excluding carboxylic acids is 1. The monoisotopic (exact) mass is 308 g/mol. The molecular formula is C14H13ClN2O2S. The van der Waals surface area contributed by atoms with E-state index in [9.17, 15) is 9.00 Å². The Labute approximate surface area is 124 Å². The van der Waals surface area contributed by atoms with Crippen LogP contribution in [-0.4, -0.2) is 10.2 Å². The summed E-state index contributed by atoms with van der Waals surface area (Å²) in [5.41, 5.74) is 1.64. The standard InChI is InChI=1S/C14H13ClN2O2S/c1-10-2-8-13(9-3-10)20(19)17-14(18)16-12-6-4-11(15)5-7-12/h2-9H,1H3,(H2,16,17,18)/t20-/m1/s1. The summed E-state index contributed by atoms with van der Waals surface area (Å²) in [7, 11) is -1.59. The highest BCUT2D eigenvalue weighted by Crippen LogP contribution is 2.13. The Morgan fingerprint density at radius 2 is 1.65 bits per heavy atom. The predicted molar refractivity (Wildman–Crippen MR) is 81.2 cm³/mol. The molecule has 0 fully saturated rings. The molecule has 0 unspecified atom stereocenters. The number of hydrogen-bond donors (Lipinski definition) is 2. The molecule has 1 atom stereocenters. The maximum absolute atomic E-state index is 11.9. The van der Waals surface area contributed by atoms with E-state index in [1.165, 1.54) is 0 Å². The van der Waals surface area contributed by atoms with Gasteiger partial charge in [0.1, 0.15) is 0 Å². The smallest absolute Gasteiger partial charge is 0.307 e. The van der Waals surface area contributed by atoms with Crippen LogP contribution < -0.4 is 10.0 Å². The third-order valence-corrected chi connectivity index (χ3v) is 3.85. The third-order valence-electron chi connectivity index (χ3n) is 2.52. The quantitative estimate of drug-likeness (QED) is 0.912. The van der Waals surface area contributed by atoms with Crippen molar-refractivity contribution in [3.63, 3.8) is 0 Å². The van der Waals surface area contributed by atoms with E-state index >= 15 is 0 Å². The number of rotatable bonds is 3. The minimum Gasteiger partial charge on any atom is -0.307 e. The molecule has 0 saturated carbocycles. The summed E-state index contributed by atoms with van der Waals surface area (Å²) in [5, 5.41) is 3.16. The van der Waals surface area contributed by atoms with Crippen LogP contribution in [0.3, 0.4) is 0 Å². The third kappa shape index (κ3) is 4.08. The molecule has 6 heteroatoms. The Morgan fingerprint density at radius 3 is 2.25 bits per heavy atom. The fourth-order valence-electron chi connectivity index (χ4n) is 1.49. The molecule has 104 valence electrons. The summed E-state index contributed by atoms with van der Waals surface area (Å²) >= 11 is 5.75. The highest BCUT2D eigenvalue weighted by atomic mass is 35.5. The highest BCUT2D eigenvalue weighted by Gasteiger charge is 2.08. The first-order valence-electron chi connectivity index (χ1n) is 5.86. The molecule has 0 bridgehead atoms. The lowest BCUT2D eigenvalue weighted by atomic mass is 10.2. The van der Waals surface area contributed by atoms with Crippen molar-refractivity contribution in [3.05, 3.63) is 59.1 Å². The van der Waals surface area contributed by atoms with Crippen molar-refractivity contribution in [2.24, 2.45) is 0 Å². The Kier molecular flexibility index (Phi) is 4.76. The van der Waals surface area contributed by atoms with Crippen LogP contribution in [0.4, 0.5) is 10.5 Å². The van der Waals surface area contributed by atoms with Gasteiger partial charge in [-0.2, -0.15) is 0 Å². The Bertz CT molecular complexity index is 627. The summed E-state index contributed by atoms with van der Waals surface area (Å²) in [6.07, 6.45) is 0. The van der Waals surface area contributed by atoms with Gasteiger partial charge in [-0.25, -0.2) is 9.00 Å². The molecular weight excluding hydrogens is 296 g/mol. The van der Waals surface area contributed by atoms with E-state index in [0.29, 0.717) is 15.6 Å². The summed E-state index contributed by atoms with van der Waals surface area (Å²) in [6, 6.07) is 13.2. The number of carbonyl (C=O) groups is 1. The van der Waals surface area contributed by atoms with E-state index in [-0.39, 0.29) is 0 Å². The molecule has 2 aromatic rings. The van der Waals surface area contributed by atoms with Crippen LogP contribution in [0.1, 0.15) is 5.56 Å². The van der Waals surface area contributed by atoms with Gasteiger partial charge >= 0.3 is 6.03 Å². The normalized spacial score (nSPS) is 11.7. The molecule has 2 rings (SSSR count). The molecule has 0 saturated heterocycles. The molecule has 0 aliphatic heterocycles. The largest absolute Gasteiger partial charge is 0.331 e. The maximum Gasteiger partial charge on any atom is 0.331 e. The van der Waals surface area contributed by atoms with E-state index in [4.69, 9.17) is 11.6 Å². The van der Waals surface area contributed by atoms with Gasteiger partial charge in [0.15, 0.2) is 11.0 Å². The zero-order chi connectivity index (χ0) is 14.5. The lowest BCUT2D eigenvalue weighted by molar-refractivity contribution is 0.257. The van der Waals surface area contributed by atoms with Crippen LogP contribution in [0.2, 0.25) is 5.02 Å². The van der Waals surface area contributed by atoms with Crippen LogP contribution >= 0.6 is 11.6 Å². The van der Waals surface area contributed by atoms with Gasteiger partial charge < -0.3 is 5.32 Å². The maximum atomic E-state index is 11.9. The van der Waals surface area contributed by atoms with Gasteiger partial charge in [0.05, 0.1) is 4.90 Å². The first-order valence-corrected chi connectivity index (χ1v) is 7.39. The van der Waals surface area contributed by atoms with Crippen molar-refractivity contribution in [2.45, 2.75) is 11.8 Å². The van der Waals surface area contributed by atoms with Crippen molar-refractivity contribution >= 4 is 34.3 Å². The number of halogens is 1. The van der Waals surface area contributed by atoms with Crippen LogP contribution in [0, 0.1) is 6.92 Å². The summed E-state index contributed by atoms with van der Waals surface area (Å²) in [4.78, 5) is 12.2. The van der Waals surface area contributed by atoms with Gasteiger partial charge in [-0.15, -0.1) is 0 Å². The zero-order valence-corrected chi connectivity index (χ0v) is 12.3. The molecule has 0 radical (unpaired) electrons. The molecule has 2 amide bonds. The van der Waals surface area contributed by atoms with Gasteiger partial charge in [-0.1, -0.05) is 29.3 Å². The van der Waals surface area contributed by atoms with Gasteiger partial charge in [0.25, 0.3) is 0 Å². The molecule has 0 heterocycles. The van der Waals surface area contributed by atoms with Crippen molar-refractivity contribution in [2.75, 3.05) is 5.32 Å². The van der Waals surface area contributed by atoms with E-state index < -0.39 is 17.0 Å². The molecule has 0 aliphatic carbocycles. The Morgan fingerprint density at radius 1 is 1.05 bits per heavy atom. The SMILES string of the molecule is Cc1ccc([S@@](=O)NC(=O)Nc2ccc(Cl)cc2)cc1. The van der Waals surface area contributed by atoms with E-state index in [1.54, 1.807) is 36.4 Å². The fourth-order valence-corrected chi connectivity index (χ4v) is 2.34. The fraction of sp³-hybridized carbons (Fsp3) is 0.0714. The molecule has 2 aromatic carbocycles. The Hall–Kier alpha value is -1.85. The Balaban J connectivity index is 1.95. The lowest BCUT2D eigenvalue weighted by Crippen LogP contribution is -2.30. The lowest BCUT2D eigenvalue weighted by Gasteiger charge is -2.07. The zero-order valence-electron chi connectivity index (χ0n) is 10.7. The van der Waals surface area contributed by atoms with E-state index in [1.807, 2.05) is 19.1 Å². The summed E-state index contributed by atoms with van der Waals surface area (Å²) < 4.78 is 14.3. The minimum absolute atomic E-state index is 0.536. The predicted octanol–water partition coefficient (Wildman–Crippen LogP) is 3.49. The average molecular weight is 309 g/mol. The summed E-state index contributed by atoms with van der Waals surface area (Å²) in [5.74, 6) is 0. The van der Waals surface area contributed by atoms with Crippen molar-refractivity contribution in [3.8, 4) is 0 Å². The number of aryl methyl sites for hydroxylation is 1. The number of hydrogen-bond acceptors (Lipinski definition) is 2. The second-order valence-corrected chi connectivity index (χ2v) is 5.79. The number of nitrogens with one attached hydrogen (secondary N) is 2. The van der Waals surface area contributed by atoms with Crippen molar-refractivity contribution in [1.29, 1.82) is 0 Å². The van der Waals surface area contributed by atoms with Crippen molar-refractivity contribution in [1.82, 2.24) is 4.72 Å². The number of anilines is 1. The molecule has 0 aliphatic rings. The van der Waals surface area contributed by atoms with E-state index in [0.717, 1.165) is 5.56 Å². The van der Waals surface area contributed by atoms with Crippen LogP contribution in [-0.2, 0) is 11.0 Å². The highest BCUT2D eigenvalue weighted by molar-refractivity contribution is 7.83. The minimum atomic E-state index is -1.59. The average Bonchev–Trinajstić information content (AvgIpc) is 2.42. The van der Waals surface area contributed by atoms with Crippen LogP contribution in [0.15, 0.2) is 53.4 Å². The van der Waals surface area contributed by atoms with E-state index in [2.05, 4.69) is 10.0 Å². The van der Waals surface area contributed by atoms with Crippen LogP contribution in [0.25, 0.3) is 0 Å². The molecule has 0 aromatic heterocycles. The molecule has 20 heavy (non-hydrogen) atoms. The number of benzene rings is 2. The first-order chi connectivity index (χ1) is 9.54. The molecule has 2 N–H and O–H groups in total. The molecule has 0 spiro atoms. The van der Waals surface area contributed by atoms with Crippen molar-refractivity contribution < 1.29 is 9.00 Å². The van der Waals surface area contributed by atoms with Crippen LogP contribution in [0.5, 0.6) is 0 Å². The van der Waals surface area contributed by atoms with Gasteiger partial charge in [0, 0.05) is 10.7 Å². The van der Waals surface area contributed by atoms with Gasteiger partial charge in [-0.05, 0) is 43.3 Å². The van der Waals surface area contributed by atoms with Gasteiger partial charge in [-0.3, -0.25) is 4.72 Å². The topological polar surface area (TPSA) is 58.2 Å². The number of amides is 2. The number of urea groups is 1. The second-order valence-electron chi connectivity index (χ2n) is 4.14. The summed E-state index contributed by atoms with van der Waals surface area (Å²) in [6.45, 7) is 1.94. The first kappa shape index (κ1) is 14.6. The molecule has 4 nitrogen and oxygen atoms in total. The van der Waals surface area contributed by atoms with Gasteiger partial charge in [0.2, 0.25) is 0 Å².